The maximum absolute atomic E-state index is 13.5. The first-order valence-corrected chi connectivity index (χ1v) is 5.27. The van der Waals surface area contributed by atoms with Crippen molar-refractivity contribution in [3.63, 3.8) is 0 Å². The number of nitrogens with zero attached hydrogens (tertiary/aromatic N) is 1. The van der Waals surface area contributed by atoms with Gasteiger partial charge >= 0.3 is 0 Å². The van der Waals surface area contributed by atoms with Crippen LogP contribution in [0.2, 0.25) is 0 Å². The summed E-state index contributed by atoms with van der Waals surface area (Å²) in [5.41, 5.74) is 1.53. The van der Waals surface area contributed by atoms with Gasteiger partial charge in [0, 0.05) is 6.21 Å². The molecule has 0 radical (unpaired) electrons. The van der Waals surface area contributed by atoms with E-state index in [0.717, 1.165) is 12.1 Å². The van der Waals surface area contributed by atoms with Crippen LogP contribution in [-0.4, -0.2) is 22.3 Å². The lowest BCUT2D eigenvalue weighted by Crippen LogP contribution is -2.20. The van der Waals surface area contributed by atoms with Crippen LogP contribution in [0.15, 0.2) is 17.2 Å². The van der Waals surface area contributed by atoms with Crippen molar-refractivity contribution >= 4 is 12.1 Å². The number of nitrogens with one attached hydrogen (secondary N) is 1. The minimum Gasteiger partial charge on any atom is -0.504 e. The highest BCUT2D eigenvalue weighted by molar-refractivity contribution is 5.95. The number of benzene rings is 1. The van der Waals surface area contributed by atoms with Gasteiger partial charge < -0.3 is 10.2 Å². The fourth-order valence-electron chi connectivity index (χ4n) is 1.07. The quantitative estimate of drug-likeness (QED) is 0.429. The number of phenols is 2. The number of amides is 1. The fraction of sp³-hybridized carbons (Fsp3) is 0.333. The minimum atomic E-state index is -1.18. The molecule has 6 heteroatoms. The molecule has 0 saturated heterocycles. The second-order valence-corrected chi connectivity index (χ2v) is 4.86. The number of hydrazone groups is 1. The van der Waals surface area contributed by atoms with Crippen molar-refractivity contribution in [3.05, 3.63) is 23.5 Å². The largest absolute Gasteiger partial charge is 0.504 e. The molecule has 0 unspecified atom stereocenters. The zero-order chi connectivity index (χ0) is 13.9. The number of hydrogen-bond donors (Lipinski definition) is 3. The number of aromatic hydroxyl groups is 2. The Bertz CT molecular complexity index is 493. The molecule has 0 bridgehead atoms. The zero-order valence-corrected chi connectivity index (χ0v) is 10.4. The minimum absolute atomic E-state index is 0.219. The molecule has 1 amide bonds. The SMILES string of the molecule is CC(C)(C)/C=N/NC(=O)c1ccc(O)c(O)c1F. The normalized spacial score (nSPS) is 11.8. The van der Waals surface area contributed by atoms with E-state index in [9.17, 15) is 9.18 Å². The highest BCUT2D eigenvalue weighted by Crippen LogP contribution is 2.29. The Balaban J connectivity index is 2.86. The number of rotatable bonds is 2. The zero-order valence-electron chi connectivity index (χ0n) is 10.4. The van der Waals surface area contributed by atoms with E-state index >= 15 is 0 Å². The summed E-state index contributed by atoms with van der Waals surface area (Å²) < 4.78 is 13.5. The van der Waals surface area contributed by atoms with Gasteiger partial charge in [-0.25, -0.2) is 9.82 Å². The van der Waals surface area contributed by atoms with E-state index < -0.39 is 28.8 Å². The summed E-state index contributed by atoms with van der Waals surface area (Å²) in [7, 11) is 0. The van der Waals surface area contributed by atoms with Gasteiger partial charge in [0.25, 0.3) is 5.91 Å². The molecule has 0 aliphatic heterocycles. The lowest BCUT2D eigenvalue weighted by atomic mass is 9.99. The van der Waals surface area contributed by atoms with Gasteiger partial charge in [-0.3, -0.25) is 4.79 Å². The van der Waals surface area contributed by atoms with Crippen molar-refractivity contribution in [2.45, 2.75) is 20.8 Å². The molecule has 1 aromatic rings. The number of carbonyl (C=O) groups is 1. The van der Waals surface area contributed by atoms with Crippen LogP contribution in [0.25, 0.3) is 0 Å². The molecule has 0 fully saturated rings. The molecule has 0 heterocycles. The van der Waals surface area contributed by atoms with Gasteiger partial charge in [0.2, 0.25) is 0 Å². The summed E-state index contributed by atoms with van der Waals surface area (Å²) in [4.78, 5) is 11.6. The Morgan fingerprint density at radius 2 is 2.00 bits per heavy atom. The fourth-order valence-corrected chi connectivity index (χ4v) is 1.07. The summed E-state index contributed by atoms with van der Waals surface area (Å²) >= 11 is 0. The van der Waals surface area contributed by atoms with Crippen molar-refractivity contribution in [3.8, 4) is 11.5 Å². The maximum Gasteiger partial charge on any atom is 0.274 e. The molecule has 0 spiro atoms. The van der Waals surface area contributed by atoms with E-state index in [2.05, 4.69) is 10.5 Å². The lowest BCUT2D eigenvalue weighted by Gasteiger charge is -2.10. The molecule has 98 valence electrons. The van der Waals surface area contributed by atoms with Crippen LogP contribution in [0.1, 0.15) is 31.1 Å². The predicted molar refractivity (Wildman–Crippen MR) is 65.1 cm³/mol. The first-order valence-electron chi connectivity index (χ1n) is 5.27. The third kappa shape index (κ3) is 3.44. The molecule has 18 heavy (non-hydrogen) atoms. The summed E-state index contributed by atoms with van der Waals surface area (Å²) in [5.74, 6) is -3.56. The number of halogens is 1. The topological polar surface area (TPSA) is 81.9 Å². The van der Waals surface area contributed by atoms with Crippen LogP contribution in [0.4, 0.5) is 4.39 Å². The van der Waals surface area contributed by atoms with Gasteiger partial charge in [-0.05, 0) is 17.5 Å². The monoisotopic (exact) mass is 254 g/mol. The molecule has 0 aromatic heterocycles. The van der Waals surface area contributed by atoms with Crippen LogP contribution in [0, 0.1) is 11.2 Å². The Morgan fingerprint density at radius 3 is 2.56 bits per heavy atom. The third-order valence-electron chi connectivity index (χ3n) is 1.96. The van der Waals surface area contributed by atoms with Crippen LogP contribution < -0.4 is 5.43 Å². The molecule has 0 aliphatic rings. The lowest BCUT2D eigenvalue weighted by molar-refractivity contribution is 0.0950. The van der Waals surface area contributed by atoms with E-state index in [1.807, 2.05) is 20.8 Å². The molecule has 1 rings (SSSR count). The molecular formula is C12H15FN2O3. The summed E-state index contributed by atoms with van der Waals surface area (Å²) in [6, 6.07) is 2.09. The van der Waals surface area contributed by atoms with E-state index in [0.29, 0.717) is 0 Å². The second kappa shape index (κ2) is 5.03. The standard InChI is InChI=1S/C12H15FN2O3/c1-12(2,3)6-14-15-11(18)7-4-5-8(16)10(17)9(7)13/h4-6,16-17H,1-3H3,(H,15,18)/b14-6+. The Hall–Kier alpha value is -2.11. The van der Waals surface area contributed by atoms with Gasteiger partial charge in [0.05, 0.1) is 5.56 Å². The molecule has 3 N–H and O–H groups in total. The van der Waals surface area contributed by atoms with Crippen LogP contribution in [-0.2, 0) is 0 Å². The first kappa shape index (κ1) is 14.0. The summed E-state index contributed by atoms with van der Waals surface area (Å²) in [6.07, 6.45) is 1.50. The number of carbonyl (C=O) groups excluding carboxylic acids is 1. The van der Waals surface area contributed by atoms with Crippen molar-refractivity contribution in [2.75, 3.05) is 0 Å². The molecule has 1 aromatic carbocycles. The van der Waals surface area contributed by atoms with Crippen molar-refractivity contribution in [1.82, 2.24) is 5.43 Å². The summed E-state index contributed by atoms with van der Waals surface area (Å²) in [5, 5.41) is 21.9. The molecular weight excluding hydrogens is 239 g/mol. The van der Waals surface area contributed by atoms with E-state index in [1.54, 1.807) is 0 Å². The maximum atomic E-state index is 13.5. The van der Waals surface area contributed by atoms with Crippen molar-refractivity contribution in [1.29, 1.82) is 0 Å². The van der Waals surface area contributed by atoms with Crippen LogP contribution >= 0.6 is 0 Å². The highest BCUT2D eigenvalue weighted by Gasteiger charge is 2.17. The van der Waals surface area contributed by atoms with Crippen molar-refractivity contribution in [2.24, 2.45) is 10.5 Å². The van der Waals surface area contributed by atoms with E-state index in [1.165, 1.54) is 6.21 Å². The van der Waals surface area contributed by atoms with Crippen molar-refractivity contribution < 1.29 is 19.4 Å². The highest BCUT2D eigenvalue weighted by atomic mass is 19.1. The molecule has 0 atom stereocenters. The third-order valence-corrected chi connectivity index (χ3v) is 1.96. The first-order chi connectivity index (χ1) is 8.22. The Labute approximate surface area is 104 Å². The van der Waals surface area contributed by atoms with Gasteiger partial charge in [-0.2, -0.15) is 5.10 Å². The second-order valence-electron chi connectivity index (χ2n) is 4.86. The smallest absolute Gasteiger partial charge is 0.274 e. The average molecular weight is 254 g/mol. The van der Waals surface area contributed by atoms with Gasteiger partial charge in [0.15, 0.2) is 17.3 Å². The van der Waals surface area contributed by atoms with E-state index in [-0.39, 0.29) is 5.41 Å². The Morgan fingerprint density at radius 1 is 1.39 bits per heavy atom. The molecule has 5 nitrogen and oxygen atoms in total. The van der Waals surface area contributed by atoms with Gasteiger partial charge in [0.1, 0.15) is 0 Å². The molecule has 0 aliphatic carbocycles. The average Bonchev–Trinajstić information content (AvgIpc) is 2.24. The number of hydrogen-bond acceptors (Lipinski definition) is 4. The summed E-state index contributed by atoms with van der Waals surface area (Å²) in [6.45, 7) is 5.65. The van der Waals surface area contributed by atoms with Crippen LogP contribution in [0.3, 0.4) is 0 Å². The molecule has 0 saturated carbocycles. The predicted octanol–water partition coefficient (Wildman–Crippen LogP) is 2.00. The van der Waals surface area contributed by atoms with E-state index in [4.69, 9.17) is 10.2 Å². The van der Waals surface area contributed by atoms with Gasteiger partial charge in [-0.15, -0.1) is 0 Å². The number of phenolic OH excluding ortho intramolecular Hbond substituents is 2. The van der Waals surface area contributed by atoms with Crippen LogP contribution in [0.5, 0.6) is 11.5 Å². The Kier molecular flexibility index (Phi) is 3.90. The van der Waals surface area contributed by atoms with Gasteiger partial charge in [-0.1, -0.05) is 20.8 Å².